The van der Waals surface area contributed by atoms with Crippen molar-refractivity contribution in [1.29, 1.82) is 0 Å². The fraction of sp³-hybridized carbons (Fsp3) is 0. The second-order valence-corrected chi connectivity index (χ2v) is 10.4. The summed E-state index contributed by atoms with van der Waals surface area (Å²) < 4.78 is 145. The molecule has 0 N–H and O–H groups in total. The van der Waals surface area contributed by atoms with Crippen molar-refractivity contribution < 1.29 is 26.3 Å². The Balaban J connectivity index is 1.46. The van der Waals surface area contributed by atoms with E-state index >= 15 is 0 Å². The standard InChI is InChI=1S/C44H28O/c1-3-14-29(15-4-1)31-18-13-19-32(28-31)41-34-20-7-9-22-36(34)42(37-23-10-8-21-35(37)41)39-27-26-33(30-16-5-2-6-17-30)44-43(39)38-24-11-12-25-40(38)45-44/h1-28H/i1D,2D,3D,4D,5D,6D,11D,12D,14D,15D,16D,17D,24D,25D,26D,27D. The molecule has 0 atom stereocenters. The molecule has 0 radical (unpaired) electrons. The second-order valence-electron chi connectivity index (χ2n) is 10.4. The molecule has 1 nitrogen and oxygen atoms in total. The van der Waals surface area contributed by atoms with Crippen LogP contribution in [0.3, 0.4) is 0 Å². The molecule has 8 aromatic carbocycles. The molecular formula is C44H28O. The first kappa shape index (κ1) is 14.2. The van der Waals surface area contributed by atoms with Gasteiger partial charge in [-0.2, -0.15) is 0 Å². The zero-order valence-corrected chi connectivity index (χ0v) is 23.3. The number of furan rings is 1. The van der Waals surface area contributed by atoms with Crippen LogP contribution < -0.4 is 0 Å². The normalized spacial score (nSPS) is 16.5. The lowest BCUT2D eigenvalue weighted by Crippen LogP contribution is -1.92. The molecule has 1 heterocycles. The zero-order chi connectivity index (χ0) is 43.7. The molecular weight excluding hydrogens is 544 g/mol. The van der Waals surface area contributed by atoms with Crippen molar-refractivity contribution in [2.24, 2.45) is 0 Å². The minimum absolute atomic E-state index is 0.0175. The third-order valence-electron chi connectivity index (χ3n) is 8.00. The van der Waals surface area contributed by atoms with Gasteiger partial charge in [0.1, 0.15) is 11.2 Å². The van der Waals surface area contributed by atoms with Gasteiger partial charge in [-0.15, -0.1) is 0 Å². The van der Waals surface area contributed by atoms with Gasteiger partial charge in [0, 0.05) is 16.3 Å². The van der Waals surface area contributed by atoms with Crippen molar-refractivity contribution in [1.82, 2.24) is 0 Å². The van der Waals surface area contributed by atoms with Gasteiger partial charge in [0.15, 0.2) is 0 Å². The van der Waals surface area contributed by atoms with Gasteiger partial charge in [0.25, 0.3) is 0 Å². The topological polar surface area (TPSA) is 13.1 Å². The summed E-state index contributed by atoms with van der Waals surface area (Å²) in [5.74, 6) is 0. The third kappa shape index (κ3) is 4.09. The zero-order valence-electron chi connectivity index (χ0n) is 39.3. The average Bonchev–Trinajstić information content (AvgIpc) is 3.66. The van der Waals surface area contributed by atoms with E-state index in [-0.39, 0.29) is 50.7 Å². The predicted molar refractivity (Wildman–Crippen MR) is 190 cm³/mol. The lowest BCUT2D eigenvalue weighted by atomic mass is 9.84. The SMILES string of the molecule is [2H]c1c([2H])c([2H])c(-c2cccc(-c3c4ccccc4c(-c4c([2H])c([2H])c(-c5c([2H])c([2H])c([2H])c([2H])c5[2H])c5oc6c([2H])c([2H])c([2H])c([2H])c6c45)c4ccccc34)c2)c([2H])c1[2H]. The summed E-state index contributed by atoms with van der Waals surface area (Å²) in [6, 6.07) is 12.6. The van der Waals surface area contributed by atoms with Crippen LogP contribution in [0, 0.1) is 0 Å². The van der Waals surface area contributed by atoms with Gasteiger partial charge in [-0.25, -0.2) is 0 Å². The Morgan fingerprint density at radius 2 is 0.956 bits per heavy atom. The minimum atomic E-state index is -0.692. The Bertz CT molecular complexity index is 3330. The van der Waals surface area contributed by atoms with Crippen LogP contribution in [0.15, 0.2) is 174 Å². The Morgan fingerprint density at radius 3 is 1.64 bits per heavy atom. The van der Waals surface area contributed by atoms with E-state index in [1.54, 1.807) is 42.5 Å². The number of rotatable bonds is 4. The Hall–Kier alpha value is -5.92. The number of hydrogen-bond donors (Lipinski definition) is 0. The lowest BCUT2D eigenvalue weighted by molar-refractivity contribution is 0.670. The molecule has 9 aromatic rings. The molecule has 1 aromatic heterocycles. The van der Waals surface area contributed by atoms with E-state index in [9.17, 15) is 2.74 Å². The summed E-state index contributed by atoms with van der Waals surface area (Å²) >= 11 is 0. The van der Waals surface area contributed by atoms with E-state index in [2.05, 4.69) is 0 Å². The molecule has 0 bridgehead atoms. The predicted octanol–water partition coefficient (Wildman–Crippen LogP) is 12.6. The van der Waals surface area contributed by atoms with Crippen molar-refractivity contribution >= 4 is 43.5 Å². The summed E-state index contributed by atoms with van der Waals surface area (Å²) in [4.78, 5) is 0. The monoisotopic (exact) mass is 588 g/mol. The minimum Gasteiger partial charge on any atom is -0.455 e. The quantitative estimate of drug-likeness (QED) is 0.186. The summed E-state index contributed by atoms with van der Waals surface area (Å²) in [6.07, 6.45) is 0. The van der Waals surface area contributed by atoms with E-state index in [1.807, 2.05) is 30.3 Å². The molecule has 210 valence electrons. The molecule has 1 heteroatoms. The molecule has 0 fully saturated rings. The number of benzene rings is 8. The smallest absolute Gasteiger partial charge is 0.143 e. The van der Waals surface area contributed by atoms with Crippen molar-refractivity contribution in [3.63, 3.8) is 0 Å². The van der Waals surface area contributed by atoms with Gasteiger partial charge < -0.3 is 4.42 Å². The van der Waals surface area contributed by atoms with Gasteiger partial charge in [0.05, 0.1) is 21.9 Å². The molecule has 0 amide bonds. The van der Waals surface area contributed by atoms with E-state index < -0.39 is 90.2 Å². The van der Waals surface area contributed by atoms with E-state index in [4.69, 9.17) is 23.6 Å². The maximum Gasteiger partial charge on any atom is 0.143 e. The summed E-state index contributed by atoms with van der Waals surface area (Å²) in [5.41, 5.74) is 0.807. The highest BCUT2D eigenvalue weighted by molar-refractivity contribution is 6.26. The molecule has 0 unspecified atom stereocenters. The number of hydrogen-bond acceptors (Lipinski definition) is 1. The largest absolute Gasteiger partial charge is 0.455 e. The van der Waals surface area contributed by atoms with Crippen LogP contribution in [0.4, 0.5) is 0 Å². The van der Waals surface area contributed by atoms with Crippen molar-refractivity contribution in [3.8, 4) is 44.5 Å². The van der Waals surface area contributed by atoms with Crippen molar-refractivity contribution in [3.05, 3.63) is 169 Å². The van der Waals surface area contributed by atoms with Crippen LogP contribution in [0.25, 0.3) is 88.0 Å². The van der Waals surface area contributed by atoms with Crippen LogP contribution in [0.2, 0.25) is 0 Å². The highest BCUT2D eigenvalue weighted by Gasteiger charge is 2.22. The van der Waals surface area contributed by atoms with Gasteiger partial charge in [-0.3, -0.25) is 0 Å². The molecule has 0 aliphatic heterocycles. The Morgan fingerprint density at radius 1 is 0.400 bits per heavy atom. The molecule has 0 aliphatic rings. The molecule has 0 aliphatic carbocycles. The van der Waals surface area contributed by atoms with Crippen LogP contribution in [0.1, 0.15) is 21.9 Å². The maximum atomic E-state index is 9.76. The molecule has 0 saturated carbocycles. The van der Waals surface area contributed by atoms with Gasteiger partial charge in [-0.1, -0.05) is 151 Å². The first-order chi connectivity index (χ1) is 29.0. The number of para-hydroxylation sites is 1. The lowest BCUT2D eigenvalue weighted by Gasteiger charge is -2.19. The first-order valence-corrected chi connectivity index (χ1v) is 14.1. The van der Waals surface area contributed by atoms with Gasteiger partial charge in [-0.05, 0) is 78.6 Å². The van der Waals surface area contributed by atoms with Crippen molar-refractivity contribution in [2.45, 2.75) is 0 Å². The van der Waals surface area contributed by atoms with Crippen LogP contribution in [-0.2, 0) is 0 Å². The van der Waals surface area contributed by atoms with Crippen molar-refractivity contribution in [2.75, 3.05) is 0 Å². The summed E-state index contributed by atoms with van der Waals surface area (Å²) in [7, 11) is 0. The highest BCUT2D eigenvalue weighted by atomic mass is 16.3. The first-order valence-electron chi connectivity index (χ1n) is 22.1. The number of fused-ring (bicyclic) bond motifs is 5. The Kier molecular flexibility index (Phi) is 3.28. The average molecular weight is 589 g/mol. The Labute approximate surface area is 284 Å². The van der Waals surface area contributed by atoms with Gasteiger partial charge in [0.2, 0.25) is 0 Å². The van der Waals surface area contributed by atoms with Crippen LogP contribution in [-0.4, -0.2) is 0 Å². The maximum absolute atomic E-state index is 9.76. The molecule has 45 heavy (non-hydrogen) atoms. The third-order valence-corrected chi connectivity index (χ3v) is 8.00. The summed E-state index contributed by atoms with van der Waals surface area (Å²) in [6.45, 7) is 0. The van der Waals surface area contributed by atoms with Crippen LogP contribution >= 0.6 is 0 Å². The second kappa shape index (κ2) is 10.4. The summed E-state index contributed by atoms with van der Waals surface area (Å²) in [5, 5.41) is 2.22. The fourth-order valence-electron chi connectivity index (χ4n) is 6.15. The van der Waals surface area contributed by atoms with E-state index in [1.165, 1.54) is 0 Å². The molecule has 0 spiro atoms. The molecule has 9 rings (SSSR count). The van der Waals surface area contributed by atoms with E-state index in [0.29, 0.717) is 43.8 Å². The highest BCUT2D eigenvalue weighted by Crippen LogP contribution is 2.48. The van der Waals surface area contributed by atoms with E-state index in [0.717, 1.165) is 0 Å². The van der Waals surface area contributed by atoms with Gasteiger partial charge >= 0.3 is 0 Å². The fourth-order valence-corrected chi connectivity index (χ4v) is 6.15. The molecule has 0 saturated heterocycles. The van der Waals surface area contributed by atoms with Crippen LogP contribution in [0.5, 0.6) is 0 Å².